The number of nitro groups is 1. The molecule has 1 aliphatic rings. The van der Waals surface area contributed by atoms with Gasteiger partial charge in [-0.2, -0.15) is 4.31 Å². The SMILES string of the molecule is COc1ccc([N+](=O)[O-])cc1NC(=O)c1ccc(S(=O)(=O)N2CCCCC2)o1. The second-order valence-corrected chi connectivity index (χ2v) is 8.05. The van der Waals surface area contributed by atoms with Crippen molar-refractivity contribution in [2.24, 2.45) is 0 Å². The number of sulfonamides is 1. The molecular weight excluding hydrogens is 390 g/mol. The molecule has 0 unspecified atom stereocenters. The summed E-state index contributed by atoms with van der Waals surface area (Å²) in [4.78, 5) is 22.8. The number of ether oxygens (including phenoxy) is 1. The molecule has 1 fully saturated rings. The monoisotopic (exact) mass is 409 g/mol. The number of nitrogens with one attached hydrogen (secondary N) is 1. The maximum Gasteiger partial charge on any atom is 0.291 e. The molecule has 0 atom stereocenters. The average Bonchev–Trinajstić information content (AvgIpc) is 3.20. The number of furan rings is 1. The number of carbonyl (C=O) groups excluding carboxylic acids is 1. The van der Waals surface area contributed by atoms with Gasteiger partial charge in [-0.05, 0) is 31.0 Å². The van der Waals surface area contributed by atoms with E-state index in [4.69, 9.17) is 9.15 Å². The fourth-order valence-electron chi connectivity index (χ4n) is 2.90. The van der Waals surface area contributed by atoms with E-state index in [0.29, 0.717) is 13.1 Å². The Bertz CT molecular complexity index is 994. The first kappa shape index (κ1) is 19.8. The fourth-order valence-corrected chi connectivity index (χ4v) is 4.33. The molecule has 2 aromatic rings. The number of hydrogen-bond acceptors (Lipinski definition) is 7. The molecule has 1 saturated heterocycles. The van der Waals surface area contributed by atoms with Gasteiger partial charge in [-0.15, -0.1) is 0 Å². The molecule has 0 bridgehead atoms. The van der Waals surface area contributed by atoms with Gasteiger partial charge in [-0.1, -0.05) is 6.42 Å². The number of methoxy groups -OCH3 is 1. The van der Waals surface area contributed by atoms with Crippen molar-refractivity contribution in [1.82, 2.24) is 4.31 Å². The third kappa shape index (κ3) is 3.99. The Morgan fingerprint density at radius 2 is 1.93 bits per heavy atom. The quantitative estimate of drug-likeness (QED) is 0.573. The highest BCUT2D eigenvalue weighted by Crippen LogP contribution is 2.30. The lowest BCUT2D eigenvalue weighted by molar-refractivity contribution is -0.384. The highest BCUT2D eigenvalue weighted by Gasteiger charge is 2.29. The van der Waals surface area contributed by atoms with Crippen LogP contribution in [0.2, 0.25) is 0 Å². The highest BCUT2D eigenvalue weighted by molar-refractivity contribution is 7.89. The average molecular weight is 409 g/mol. The van der Waals surface area contributed by atoms with Crippen LogP contribution in [-0.4, -0.2) is 43.8 Å². The Morgan fingerprint density at radius 1 is 1.21 bits per heavy atom. The van der Waals surface area contributed by atoms with Crippen LogP contribution in [-0.2, 0) is 10.0 Å². The summed E-state index contributed by atoms with van der Waals surface area (Å²) in [5.74, 6) is -0.769. The number of anilines is 1. The summed E-state index contributed by atoms with van der Waals surface area (Å²) in [7, 11) is -2.45. The van der Waals surface area contributed by atoms with Gasteiger partial charge in [-0.3, -0.25) is 14.9 Å². The molecule has 3 rings (SSSR count). The number of nitro benzene ring substituents is 1. The standard InChI is InChI=1S/C17H19N3O7S/c1-26-14-6-5-12(20(22)23)11-13(14)18-17(21)15-7-8-16(27-15)28(24,25)19-9-3-2-4-10-19/h5-8,11H,2-4,9-10H2,1H3,(H,18,21). The Kier molecular flexibility index (Phi) is 5.66. The fraction of sp³-hybridized carbons (Fsp3) is 0.353. The van der Waals surface area contributed by atoms with Crippen molar-refractivity contribution >= 4 is 27.3 Å². The predicted octanol–water partition coefficient (Wildman–Crippen LogP) is 2.62. The first-order valence-electron chi connectivity index (χ1n) is 8.56. The first-order valence-corrected chi connectivity index (χ1v) is 10.0. The van der Waals surface area contributed by atoms with E-state index in [1.807, 2.05) is 0 Å². The zero-order valence-corrected chi connectivity index (χ0v) is 15.9. The van der Waals surface area contributed by atoms with Crippen LogP contribution in [0.25, 0.3) is 0 Å². The van der Waals surface area contributed by atoms with Gasteiger partial charge in [0.05, 0.1) is 17.7 Å². The van der Waals surface area contributed by atoms with Crippen molar-refractivity contribution in [3.63, 3.8) is 0 Å². The summed E-state index contributed by atoms with van der Waals surface area (Å²) in [6, 6.07) is 6.21. The molecule has 1 amide bonds. The van der Waals surface area contributed by atoms with Gasteiger partial charge in [-0.25, -0.2) is 8.42 Å². The molecule has 11 heteroatoms. The molecule has 1 aliphatic heterocycles. The minimum Gasteiger partial charge on any atom is -0.495 e. The number of piperidine rings is 1. The third-order valence-corrected chi connectivity index (χ3v) is 6.13. The van der Waals surface area contributed by atoms with Crippen LogP contribution in [0.1, 0.15) is 29.8 Å². The summed E-state index contributed by atoms with van der Waals surface area (Å²) in [6.45, 7) is 0.824. The second-order valence-electron chi connectivity index (χ2n) is 6.18. The van der Waals surface area contributed by atoms with E-state index >= 15 is 0 Å². The molecule has 1 aromatic carbocycles. The molecule has 1 N–H and O–H groups in total. The molecule has 0 radical (unpaired) electrons. The van der Waals surface area contributed by atoms with Crippen LogP contribution in [0, 0.1) is 10.1 Å². The number of nitrogens with zero attached hydrogens (tertiary/aromatic N) is 2. The van der Waals surface area contributed by atoms with Gasteiger partial charge < -0.3 is 14.5 Å². The van der Waals surface area contributed by atoms with Crippen LogP contribution < -0.4 is 10.1 Å². The van der Waals surface area contributed by atoms with Crippen molar-refractivity contribution in [3.05, 3.63) is 46.2 Å². The van der Waals surface area contributed by atoms with Gasteiger partial charge in [0.2, 0.25) is 5.09 Å². The van der Waals surface area contributed by atoms with Gasteiger partial charge >= 0.3 is 0 Å². The van der Waals surface area contributed by atoms with E-state index < -0.39 is 20.9 Å². The largest absolute Gasteiger partial charge is 0.495 e. The Morgan fingerprint density at radius 3 is 2.57 bits per heavy atom. The van der Waals surface area contributed by atoms with Crippen molar-refractivity contribution in [2.45, 2.75) is 24.4 Å². The first-order chi connectivity index (χ1) is 13.3. The molecular formula is C17H19N3O7S. The maximum atomic E-state index is 12.6. The number of hydrogen-bond donors (Lipinski definition) is 1. The number of carbonyl (C=O) groups is 1. The third-order valence-electron chi connectivity index (χ3n) is 4.36. The van der Waals surface area contributed by atoms with E-state index in [9.17, 15) is 23.3 Å². The summed E-state index contributed by atoms with van der Waals surface area (Å²) in [6.07, 6.45) is 2.53. The Hall–Kier alpha value is -2.92. The lowest BCUT2D eigenvalue weighted by Crippen LogP contribution is -2.35. The minimum absolute atomic E-state index is 0.0681. The predicted molar refractivity (Wildman–Crippen MR) is 98.9 cm³/mol. The van der Waals surface area contributed by atoms with Crippen LogP contribution in [0.15, 0.2) is 39.8 Å². The summed E-state index contributed by atoms with van der Waals surface area (Å²) in [5, 5.41) is 13.1. The van der Waals surface area contributed by atoms with Crippen molar-refractivity contribution < 1.29 is 27.3 Å². The number of benzene rings is 1. The van der Waals surface area contributed by atoms with Crippen LogP contribution >= 0.6 is 0 Å². The van der Waals surface area contributed by atoms with Crippen LogP contribution in [0.5, 0.6) is 5.75 Å². The lowest BCUT2D eigenvalue weighted by Gasteiger charge is -2.24. The van der Waals surface area contributed by atoms with Crippen LogP contribution in [0.4, 0.5) is 11.4 Å². The second kappa shape index (κ2) is 7.98. The maximum absolute atomic E-state index is 12.6. The van der Waals surface area contributed by atoms with Gasteiger partial charge in [0, 0.05) is 25.2 Å². The number of rotatable bonds is 6. The van der Waals surface area contributed by atoms with E-state index in [1.54, 1.807) is 0 Å². The summed E-state index contributed by atoms with van der Waals surface area (Å²) < 4.78 is 36.9. The van der Waals surface area contributed by atoms with Crippen molar-refractivity contribution in [3.8, 4) is 5.75 Å². The van der Waals surface area contributed by atoms with Gasteiger partial charge in [0.25, 0.3) is 21.6 Å². The molecule has 0 aliphatic carbocycles. The topological polar surface area (TPSA) is 132 Å². The van der Waals surface area contributed by atoms with Gasteiger partial charge in [0.15, 0.2) is 5.76 Å². The molecule has 0 saturated carbocycles. The Labute approximate surface area is 161 Å². The van der Waals surface area contributed by atoms with E-state index in [0.717, 1.165) is 25.3 Å². The van der Waals surface area contributed by atoms with E-state index in [-0.39, 0.29) is 28.0 Å². The molecule has 1 aromatic heterocycles. The van der Waals surface area contributed by atoms with Gasteiger partial charge in [0.1, 0.15) is 5.75 Å². The Balaban J connectivity index is 1.81. The molecule has 10 nitrogen and oxygen atoms in total. The minimum atomic E-state index is -3.81. The smallest absolute Gasteiger partial charge is 0.291 e. The summed E-state index contributed by atoms with van der Waals surface area (Å²) >= 11 is 0. The number of non-ortho nitro benzene ring substituents is 1. The highest BCUT2D eigenvalue weighted by atomic mass is 32.2. The van der Waals surface area contributed by atoms with Crippen molar-refractivity contribution in [1.29, 1.82) is 0 Å². The number of amides is 1. The molecule has 28 heavy (non-hydrogen) atoms. The van der Waals surface area contributed by atoms with E-state index in [1.165, 1.54) is 35.7 Å². The summed E-state index contributed by atoms with van der Waals surface area (Å²) in [5.41, 5.74) is -0.164. The zero-order valence-electron chi connectivity index (χ0n) is 15.1. The molecule has 150 valence electrons. The normalized spacial score (nSPS) is 15.2. The van der Waals surface area contributed by atoms with E-state index in [2.05, 4.69) is 5.32 Å². The van der Waals surface area contributed by atoms with Crippen molar-refractivity contribution in [2.75, 3.05) is 25.5 Å². The molecule has 2 heterocycles. The van der Waals surface area contributed by atoms with Crippen LogP contribution in [0.3, 0.4) is 0 Å². The zero-order chi connectivity index (χ0) is 20.3. The lowest BCUT2D eigenvalue weighted by atomic mass is 10.2. The molecule has 0 spiro atoms.